The second-order valence-electron chi connectivity index (χ2n) is 9.59. The molecule has 0 aliphatic heterocycles. The molecule has 0 spiro atoms. The van der Waals surface area contributed by atoms with E-state index in [9.17, 15) is 14.4 Å². The van der Waals surface area contributed by atoms with Crippen molar-refractivity contribution in [2.24, 2.45) is 0 Å². The number of nitrogens with one attached hydrogen (secondary N) is 4. The maximum atomic E-state index is 12.6. The summed E-state index contributed by atoms with van der Waals surface area (Å²) in [5.41, 5.74) is 8.31. The normalized spacial score (nSPS) is 11.0. The second-order valence-corrected chi connectivity index (χ2v) is 10.00. The molecule has 0 saturated heterocycles. The lowest BCUT2D eigenvalue weighted by Gasteiger charge is -2.19. The predicted molar refractivity (Wildman–Crippen MR) is 158 cm³/mol. The Labute approximate surface area is 233 Å². The summed E-state index contributed by atoms with van der Waals surface area (Å²) in [5, 5.41) is 5.21. The molecule has 3 rings (SSSR count). The molecule has 3 aromatic rings. The zero-order valence-corrected chi connectivity index (χ0v) is 23.1. The molecule has 0 bridgehead atoms. The first kappa shape index (κ1) is 29.1. The highest BCUT2D eigenvalue weighted by atomic mass is 32.1. The van der Waals surface area contributed by atoms with Gasteiger partial charge in [-0.3, -0.25) is 30.6 Å². The van der Waals surface area contributed by atoms with E-state index in [0.29, 0.717) is 23.4 Å². The van der Waals surface area contributed by atoms with Crippen molar-refractivity contribution in [1.29, 1.82) is 0 Å². The SMILES string of the molecule is CCOc1ccc(/C=C/C(=O)NC(=S)NNC(=O)c2ccc(NC(=O)c3ccc(C(C)(C)C)cc3)cc2)cc1. The molecule has 9 heteroatoms. The van der Waals surface area contributed by atoms with E-state index in [0.717, 1.165) is 16.9 Å². The van der Waals surface area contributed by atoms with Crippen LogP contribution < -0.4 is 26.2 Å². The molecule has 3 aromatic carbocycles. The van der Waals surface area contributed by atoms with Gasteiger partial charge in [-0.25, -0.2) is 0 Å². The van der Waals surface area contributed by atoms with Crippen LogP contribution in [0.2, 0.25) is 0 Å². The van der Waals surface area contributed by atoms with Crippen molar-refractivity contribution < 1.29 is 19.1 Å². The lowest BCUT2D eigenvalue weighted by molar-refractivity contribution is -0.115. The quantitative estimate of drug-likeness (QED) is 0.190. The number of rotatable bonds is 7. The zero-order valence-electron chi connectivity index (χ0n) is 22.3. The first-order valence-electron chi connectivity index (χ1n) is 12.4. The fraction of sp³-hybridized carbons (Fsp3) is 0.200. The molecule has 202 valence electrons. The average Bonchev–Trinajstić information content (AvgIpc) is 2.91. The van der Waals surface area contributed by atoms with Crippen molar-refractivity contribution in [2.75, 3.05) is 11.9 Å². The minimum absolute atomic E-state index is 0.00415. The van der Waals surface area contributed by atoms with Crippen LogP contribution in [0.1, 0.15) is 59.5 Å². The number of amides is 3. The lowest BCUT2D eigenvalue weighted by Crippen LogP contribution is -2.48. The number of hydrazine groups is 1. The number of ether oxygens (including phenoxy) is 1. The van der Waals surface area contributed by atoms with Crippen LogP contribution in [0, 0.1) is 0 Å². The number of thiocarbonyl (C=S) groups is 1. The Morgan fingerprint density at radius 3 is 2.00 bits per heavy atom. The highest BCUT2D eigenvalue weighted by Gasteiger charge is 2.14. The fourth-order valence-electron chi connectivity index (χ4n) is 3.41. The van der Waals surface area contributed by atoms with Crippen LogP contribution in [-0.2, 0) is 10.2 Å². The van der Waals surface area contributed by atoms with E-state index < -0.39 is 11.8 Å². The Balaban J connectivity index is 1.45. The van der Waals surface area contributed by atoms with Crippen molar-refractivity contribution >= 4 is 46.8 Å². The predicted octanol–water partition coefficient (Wildman–Crippen LogP) is 4.98. The molecule has 0 radical (unpaired) electrons. The van der Waals surface area contributed by atoms with Gasteiger partial charge < -0.3 is 10.1 Å². The second kappa shape index (κ2) is 13.3. The maximum absolute atomic E-state index is 12.6. The topological polar surface area (TPSA) is 109 Å². The Hall–Kier alpha value is -4.50. The molecule has 0 aliphatic rings. The summed E-state index contributed by atoms with van der Waals surface area (Å²) < 4.78 is 5.39. The molecule has 0 fully saturated rings. The summed E-state index contributed by atoms with van der Waals surface area (Å²) >= 11 is 5.06. The lowest BCUT2D eigenvalue weighted by atomic mass is 9.87. The summed E-state index contributed by atoms with van der Waals surface area (Å²) in [6.07, 6.45) is 2.96. The summed E-state index contributed by atoms with van der Waals surface area (Å²) in [5.74, 6) is -0.413. The van der Waals surface area contributed by atoms with Gasteiger partial charge in [-0.05, 0) is 90.3 Å². The van der Waals surface area contributed by atoms with Crippen LogP contribution in [0.4, 0.5) is 5.69 Å². The Kier molecular flexibility index (Phi) is 9.94. The van der Waals surface area contributed by atoms with Crippen molar-refractivity contribution in [3.05, 3.63) is 101 Å². The highest BCUT2D eigenvalue weighted by Crippen LogP contribution is 2.22. The fourth-order valence-corrected chi connectivity index (χ4v) is 3.57. The number of carbonyl (C=O) groups is 3. The molecule has 0 aliphatic carbocycles. The summed E-state index contributed by atoms with van der Waals surface area (Å²) in [6, 6.07) is 21.1. The Bertz CT molecular complexity index is 1340. The minimum atomic E-state index is -0.466. The van der Waals surface area contributed by atoms with Gasteiger partial charge in [-0.15, -0.1) is 0 Å². The largest absolute Gasteiger partial charge is 0.494 e. The summed E-state index contributed by atoms with van der Waals surface area (Å²) in [4.78, 5) is 37.1. The first-order chi connectivity index (χ1) is 18.5. The third kappa shape index (κ3) is 9.08. The third-order valence-electron chi connectivity index (χ3n) is 5.56. The van der Waals surface area contributed by atoms with E-state index in [-0.39, 0.29) is 16.4 Å². The molecule has 4 N–H and O–H groups in total. The van der Waals surface area contributed by atoms with Gasteiger partial charge in [-0.2, -0.15) is 0 Å². The molecule has 8 nitrogen and oxygen atoms in total. The molecule has 3 amide bonds. The van der Waals surface area contributed by atoms with Crippen LogP contribution >= 0.6 is 12.2 Å². The minimum Gasteiger partial charge on any atom is -0.494 e. The van der Waals surface area contributed by atoms with Gasteiger partial charge in [0, 0.05) is 22.9 Å². The number of benzene rings is 3. The number of hydrogen-bond acceptors (Lipinski definition) is 5. The van der Waals surface area contributed by atoms with Gasteiger partial charge in [0.2, 0.25) is 5.91 Å². The van der Waals surface area contributed by atoms with Crippen LogP contribution in [-0.4, -0.2) is 29.4 Å². The van der Waals surface area contributed by atoms with E-state index in [4.69, 9.17) is 17.0 Å². The number of anilines is 1. The molecule has 0 heterocycles. The van der Waals surface area contributed by atoms with Crippen LogP contribution in [0.15, 0.2) is 78.9 Å². The van der Waals surface area contributed by atoms with E-state index in [2.05, 4.69) is 42.3 Å². The van der Waals surface area contributed by atoms with Gasteiger partial charge in [0.15, 0.2) is 5.11 Å². The van der Waals surface area contributed by atoms with Crippen molar-refractivity contribution in [1.82, 2.24) is 16.2 Å². The molecule has 0 unspecified atom stereocenters. The average molecular weight is 545 g/mol. The Morgan fingerprint density at radius 1 is 0.821 bits per heavy atom. The molecule has 0 atom stereocenters. The molecular weight excluding hydrogens is 512 g/mol. The standard InChI is InChI=1S/C30H32N4O4S/c1-5-38-25-17-6-20(7-18-25)8-19-26(35)32-29(39)34-33-28(37)22-11-15-24(16-12-22)31-27(36)21-9-13-23(14-10-21)30(2,3)4/h6-19H,5H2,1-4H3,(H,31,36)(H,33,37)(H2,32,34,35,39)/b19-8+. The van der Waals surface area contributed by atoms with E-state index in [1.807, 2.05) is 43.3 Å². The molecule has 0 aromatic heterocycles. The highest BCUT2D eigenvalue weighted by molar-refractivity contribution is 7.80. The van der Waals surface area contributed by atoms with Gasteiger partial charge in [0.25, 0.3) is 11.8 Å². The van der Waals surface area contributed by atoms with Crippen LogP contribution in [0.5, 0.6) is 5.75 Å². The van der Waals surface area contributed by atoms with Crippen molar-refractivity contribution in [3.8, 4) is 5.75 Å². The third-order valence-corrected chi connectivity index (χ3v) is 5.77. The zero-order chi connectivity index (χ0) is 28.4. The van der Waals surface area contributed by atoms with Crippen LogP contribution in [0.25, 0.3) is 6.08 Å². The smallest absolute Gasteiger partial charge is 0.269 e. The van der Waals surface area contributed by atoms with E-state index in [1.165, 1.54) is 6.08 Å². The van der Waals surface area contributed by atoms with Gasteiger partial charge in [0.1, 0.15) is 5.75 Å². The summed E-state index contributed by atoms with van der Waals surface area (Å²) in [6.45, 7) is 8.83. The van der Waals surface area contributed by atoms with E-state index in [1.54, 1.807) is 42.5 Å². The van der Waals surface area contributed by atoms with Crippen molar-refractivity contribution in [2.45, 2.75) is 33.1 Å². The number of hydrogen-bond donors (Lipinski definition) is 4. The summed E-state index contributed by atoms with van der Waals surface area (Å²) in [7, 11) is 0. The monoisotopic (exact) mass is 544 g/mol. The van der Waals surface area contributed by atoms with Crippen LogP contribution in [0.3, 0.4) is 0 Å². The maximum Gasteiger partial charge on any atom is 0.269 e. The molecule has 39 heavy (non-hydrogen) atoms. The first-order valence-corrected chi connectivity index (χ1v) is 12.8. The number of carbonyl (C=O) groups excluding carboxylic acids is 3. The van der Waals surface area contributed by atoms with Gasteiger partial charge in [0.05, 0.1) is 6.61 Å². The Morgan fingerprint density at radius 2 is 1.41 bits per heavy atom. The van der Waals surface area contributed by atoms with Gasteiger partial charge >= 0.3 is 0 Å². The molecule has 0 saturated carbocycles. The van der Waals surface area contributed by atoms with Crippen molar-refractivity contribution in [3.63, 3.8) is 0 Å². The van der Waals surface area contributed by atoms with E-state index >= 15 is 0 Å². The van der Waals surface area contributed by atoms with Gasteiger partial charge in [-0.1, -0.05) is 45.0 Å². The molecular formula is C30H32N4O4S.